The van der Waals surface area contributed by atoms with Gasteiger partial charge in [-0.1, -0.05) is 13.0 Å². The van der Waals surface area contributed by atoms with E-state index in [0.29, 0.717) is 19.4 Å². The maximum absolute atomic E-state index is 11.5. The van der Waals surface area contributed by atoms with Crippen LogP contribution in [0.25, 0.3) is 11.0 Å². The number of hydrogen-bond acceptors (Lipinski definition) is 4. The van der Waals surface area contributed by atoms with E-state index in [4.69, 9.17) is 9.90 Å². The van der Waals surface area contributed by atoms with Crippen molar-refractivity contribution in [1.29, 1.82) is 0 Å². The first-order valence-corrected chi connectivity index (χ1v) is 8.99. The number of rotatable bonds is 6. The largest absolute Gasteiger partial charge is 0.483 e. The molecule has 7 nitrogen and oxygen atoms in total. The van der Waals surface area contributed by atoms with Gasteiger partial charge in [0, 0.05) is 13.0 Å². The van der Waals surface area contributed by atoms with Crippen LogP contribution in [0.3, 0.4) is 0 Å². The lowest BCUT2D eigenvalue weighted by atomic mass is 10.1. The van der Waals surface area contributed by atoms with Crippen molar-refractivity contribution in [3.8, 4) is 0 Å². The molecule has 0 saturated carbocycles. The average Bonchev–Trinajstić information content (AvgIpc) is 2.87. The Hall–Kier alpha value is -1.93. The van der Waals surface area contributed by atoms with Crippen LogP contribution >= 0.6 is 0 Å². The van der Waals surface area contributed by atoms with Crippen molar-refractivity contribution in [2.45, 2.75) is 33.6 Å². The molecule has 0 spiro atoms. The van der Waals surface area contributed by atoms with Crippen molar-refractivity contribution in [3.63, 3.8) is 0 Å². The van der Waals surface area contributed by atoms with Gasteiger partial charge in [-0.3, -0.25) is 4.79 Å². The lowest BCUT2D eigenvalue weighted by molar-refractivity contribution is -0.122. The molecule has 3 N–H and O–H groups in total. The van der Waals surface area contributed by atoms with Gasteiger partial charge in [0.1, 0.15) is 5.82 Å². The highest BCUT2D eigenvalue weighted by Gasteiger charge is 2.10. The molecule has 0 atom stereocenters. The molecule has 0 aliphatic carbocycles. The second-order valence-corrected chi connectivity index (χ2v) is 7.08. The van der Waals surface area contributed by atoms with E-state index in [-0.39, 0.29) is 12.2 Å². The molecule has 0 amide bonds. The Morgan fingerprint density at radius 3 is 2.61 bits per heavy atom. The number of imidazole rings is 1. The van der Waals surface area contributed by atoms with Crippen molar-refractivity contribution < 1.29 is 18.3 Å². The summed E-state index contributed by atoms with van der Waals surface area (Å²) < 4.78 is 25.7. The third-order valence-electron chi connectivity index (χ3n) is 3.38. The minimum Gasteiger partial charge on any atom is -0.483 e. The Labute approximate surface area is 136 Å². The number of aryl methyl sites for hydroxylation is 2. The lowest BCUT2D eigenvalue weighted by Crippen LogP contribution is -2.28. The summed E-state index contributed by atoms with van der Waals surface area (Å²) >= 11 is 0. The van der Waals surface area contributed by atoms with Gasteiger partial charge in [0.05, 0.1) is 16.8 Å². The van der Waals surface area contributed by atoms with Crippen LogP contribution in [0.5, 0.6) is 0 Å². The molecule has 0 aliphatic rings. The molecular formula is C15H23N3O4S. The fraction of sp³-hybridized carbons (Fsp3) is 0.467. The molecular weight excluding hydrogens is 318 g/mol. The molecule has 1 heterocycles. The Bertz CT molecular complexity index is 753. The molecule has 0 saturated heterocycles. The van der Waals surface area contributed by atoms with E-state index in [2.05, 4.69) is 27.7 Å². The second-order valence-electron chi connectivity index (χ2n) is 5.16. The fourth-order valence-corrected chi connectivity index (χ4v) is 3.24. The maximum Gasteiger partial charge on any atom is 0.290 e. The van der Waals surface area contributed by atoms with Gasteiger partial charge < -0.3 is 10.1 Å². The number of aromatic amines is 1. The zero-order chi connectivity index (χ0) is 17.5. The van der Waals surface area contributed by atoms with Gasteiger partial charge in [-0.2, -0.15) is 0 Å². The Balaban J connectivity index is 0.000000816. The van der Waals surface area contributed by atoms with Crippen molar-refractivity contribution in [2.24, 2.45) is 0 Å². The molecule has 2 rings (SSSR count). The molecule has 8 heteroatoms. The first-order chi connectivity index (χ1) is 10.8. The number of fused-ring (bicyclic) bond motifs is 1. The zero-order valence-corrected chi connectivity index (χ0v) is 14.4. The minimum absolute atomic E-state index is 0.172. The summed E-state index contributed by atoms with van der Waals surface area (Å²) in [6, 6.07) is 4.07. The van der Waals surface area contributed by atoms with Gasteiger partial charge in [0.2, 0.25) is 10.0 Å². The zero-order valence-electron chi connectivity index (χ0n) is 13.6. The predicted molar refractivity (Wildman–Crippen MR) is 90.0 cm³/mol. The van der Waals surface area contributed by atoms with Gasteiger partial charge in [0.15, 0.2) is 0 Å². The topological polar surface area (TPSA) is 112 Å². The summed E-state index contributed by atoms with van der Waals surface area (Å²) in [7, 11) is -3.14. The first-order valence-electron chi connectivity index (χ1n) is 7.34. The molecule has 0 aliphatic heterocycles. The maximum atomic E-state index is 11.5. The molecule has 0 unspecified atom stereocenters. The van der Waals surface area contributed by atoms with Crippen LogP contribution in [0.2, 0.25) is 0 Å². The molecule has 1 aromatic carbocycles. The van der Waals surface area contributed by atoms with Crippen molar-refractivity contribution in [1.82, 2.24) is 14.7 Å². The SMILES string of the molecule is CCCS(=O)(=O)NCCc1nc2c(C)c(C)ccc2[nH]1.O=CO. The third-order valence-corrected chi connectivity index (χ3v) is 4.97. The number of hydrogen-bond donors (Lipinski definition) is 3. The Morgan fingerprint density at radius 1 is 1.35 bits per heavy atom. The molecule has 128 valence electrons. The molecule has 1 aromatic heterocycles. The van der Waals surface area contributed by atoms with Gasteiger partial charge in [0.25, 0.3) is 6.47 Å². The van der Waals surface area contributed by atoms with Crippen LogP contribution in [-0.4, -0.2) is 42.3 Å². The van der Waals surface area contributed by atoms with Crippen LogP contribution in [0.15, 0.2) is 12.1 Å². The summed E-state index contributed by atoms with van der Waals surface area (Å²) in [6.45, 7) is 6.08. The smallest absolute Gasteiger partial charge is 0.290 e. The van der Waals surface area contributed by atoms with E-state index in [1.165, 1.54) is 5.56 Å². The Kier molecular flexibility index (Phi) is 7.18. The normalized spacial score (nSPS) is 11.1. The average molecular weight is 341 g/mol. The van der Waals surface area contributed by atoms with Gasteiger partial charge >= 0.3 is 0 Å². The number of sulfonamides is 1. The highest BCUT2D eigenvalue weighted by molar-refractivity contribution is 7.89. The quantitative estimate of drug-likeness (QED) is 0.693. The monoisotopic (exact) mass is 341 g/mol. The molecule has 2 aromatic rings. The van der Waals surface area contributed by atoms with E-state index in [9.17, 15) is 8.42 Å². The number of nitrogens with one attached hydrogen (secondary N) is 2. The van der Waals surface area contributed by atoms with E-state index in [1.54, 1.807) is 0 Å². The molecule has 0 fully saturated rings. The molecule has 0 radical (unpaired) electrons. The summed E-state index contributed by atoms with van der Waals surface area (Å²) in [4.78, 5) is 16.1. The number of H-pyrrole nitrogens is 1. The van der Waals surface area contributed by atoms with E-state index < -0.39 is 10.0 Å². The van der Waals surface area contributed by atoms with Crippen LogP contribution in [0.1, 0.15) is 30.3 Å². The van der Waals surface area contributed by atoms with E-state index >= 15 is 0 Å². The van der Waals surface area contributed by atoms with Crippen molar-refractivity contribution >= 4 is 27.5 Å². The van der Waals surface area contributed by atoms with Crippen molar-refractivity contribution in [3.05, 3.63) is 29.1 Å². The summed E-state index contributed by atoms with van der Waals surface area (Å²) in [6.07, 6.45) is 1.19. The lowest BCUT2D eigenvalue weighted by Gasteiger charge is -2.03. The third kappa shape index (κ3) is 5.65. The van der Waals surface area contributed by atoms with Crippen LogP contribution in [0.4, 0.5) is 0 Å². The highest BCUT2D eigenvalue weighted by atomic mass is 32.2. The number of carbonyl (C=O) groups is 1. The number of nitrogens with zero attached hydrogens (tertiary/aromatic N) is 1. The first kappa shape index (κ1) is 19.1. The van der Waals surface area contributed by atoms with Crippen LogP contribution in [-0.2, 0) is 21.2 Å². The summed E-state index contributed by atoms with van der Waals surface area (Å²) in [5.74, 6) is 0.985. The number of carboxylic acid groups (broad SMARTS) is 1. The highest BCUT2D eigenvalue weighted by Crippen LogP contribution is 2.19. The fourth-order valence-electron chi connectivity index (χ4n) is 2.15. The van der Waals surface area contributed by atoms with Gasteiger partial charge in [-0.25, -0.2) is 18.1 Å². The summed E-state index contributed by atoms with van der Waals surface area (Å²) in [5, 5.41) is 6.89. The standard InChI is InChI=1S/C14H21N3O2S.CH2O2/c1-4-9-20(18,19)15-8-7-13-16-12-6-5-10(2)11(3)14(12)17-13;2-1-3/h5-6,15H,4,7-9H2,1-3H3,(H,16,17);1H,(H,2,3). The van der Waals surface area contributed by atoms with Crippen LogP contribution < -0.4 is 4.72 Å². The number of benzene rings is 1. The predicted octanol–water partition coefficient (Wildman–Crippen LogP) is 1.75. The molecule has 0 bridgehead atoms. The van der Waals surface area contributed by atoms with Gasteiger partial charge in [-0.05, 0) is 37.5 Å². The minimum atomic E-state index is -3.14. The van der Waals surface area contributed by atoms with E-state index in [0.717, 1.165) is 22.4 Å². The van der Waals surface area contributed by atoms with Gasteiger partial charge in [-0.15, -0.1) is 0 Å². The number of aromatic nitrogens is 2. The second kappa shape index (κ2) is 8.64. The Morgan fingerprint density at radius 2 is 2.00 bits per heavy atom. The van der Waals surface area contributed by atoms with E-state index in [1.807, 2.05) is 19.9 Å². The molecule has 23 heavy (non-hydrogen) atoms. The summed E-state index contributed by atoms with van der Waals surface area (Å²) in [5.41, 5.74) is 4.34. The van der Waals surface area contributed by atoms with Crippen molar-refractivity contribution in [2.75, 3.05) is 12.3 Å². The van der Waals surface area contributed by atoms with Crippen LogP contribution in [0, 0.1) is 13.8 Å².